The van der Waals surface area contributed by atoms with E-state index in [1.165, 1.54) is 6.33 Å². The van der Waals surface area contributed by atoms with Gasteiger partial charge in [-0.15, -0.1) is 0 Å². The van der Waals surface area contributed by atoms with Crippen molar-refractivity contribution in [3.8, 4) is 5.69 Å². The van der Waals surface area contributed by atoms with E-state index in [0.29, 0.717) is 6.54 Å². The maximum atomic E-state index is 5.76. The summed E-state index contributed by atoms with van der Waals surface area (Å²) in [5.41, 5.74) is 1.96. The summed E-state index contributed by atoms with van der Waals surface area (Å²) in [5, 5.41) is 7.55. The molecule has 0 saturated carbocycles. The van der Waals surface area contributed by atoms with E-state index in [9.17, 15) is 0 Å². The molecule has 0 atom stereocenters. The second-order valence-electron chi connectivity index (χ2n) is 4.51. The molecule has 0 amide bonds. The van der Waals surface area contributed by atoms with Crippen LogP contribution in [0.25, 0.3) is 5.69 Å². The first-order valence-corrected chi connectivity index (χ1v) is 8.00. The van der Waals surface area contributed by atoms with Crippen LogP contribution in [0.4, 0.5) is 5.69 Å². The minimum absolute atomic E-state index is 0.639. The number of nitrogens with one attached hydrogen (secondary N) is 1. The SMILES string of the molecule is CSCc1ccc(CNc2ccccc2-n2cncn2)o1. The molecule has 1 aromatic carbocycles. The molecule has 2 aromatic heterocycles. The van der Waals surface area contributed by atoms with E-state index in [1.54, 1.807) is 22.8 Å². The monoisotopic (exact) mass is 300 g/mol. The second-order valence-corrected chi connectivity index (χ2v) is 5.38. The Labute approximate surface area is 127 Å². The lowest BCUT2D eigenvalue weighted by molar-refractivity contribution is 0.487. The first-order chi connectivity index (χ1) is 10.4. The molecule has 0 bridgehead atoms. The Morgan fingerprint density at radius 1 is 1.19 bits per heavy atom. The number of rotatable bonds is 6. The number of aromatic nitrogens is 3. The lowest BCUT2D eigenvalue weighted by atomic mass is 10.2. The van der Waals surface area contributed by atoms with Gasteiger partial charge in [-0.3, -0.25) is 0 Å². The molecular formula is C15H16N4OS. The van der Waals surface area contributed by atoms with Gasteiger partial charge in [-0.25, -0.2) is 9.67 Å². The van der Waals surface area contributed by atoms with E-state index in [-0.39, 0.29) is 0 Å². The number of thioether (sulfide) groups is 1. The van der Waals surface area contributed by atoms with Gasteiger partial charge in [0.1, 0.15) is 24.2 Å². The fourth-order valence-corrected chi connectivity index (χ4v) is 2.51. The van der Waals surface area contributed by atoms with Crippen molar-refractivity contribution in [2.45, 2.75) is 12.3 Å². The summed E-state index contributed by atoms with van der Waals surface area (Å²) in [6.45, 7) is 0.639. The Hall–Kier alpha value is -2.21. The zero-order valence-corrected chi connectivity index (χ0v) is 12.5. The van der Waals surface area contributed by atoms with Gasteiger partial charge in [-0.2, -0.15) is 16.9 Å². The number of nitrogens with zero attached hydrogens (tertiary/aromatic N) is 3. The van der Waals surface area contributed by atoms with Crippen molar-refractivity contribution in [3.63, 3.8) is 0 Å². The second kappa shape index (κ2) is 6.49. The van der Waals surface area contributed by atoms with E-state index in [1.807, 2.05) is 36.4 Å². The molecule has 108 valence electrons. The molecule has 0 saturated heterocycles. The number of benzene rings is 1. The third-order valence-corrected chi connectivity index (χ3v) is 3.60. The minimum atomic E-state index is 0.639. The standard InChI is InChI=1S/C15H16N4OS/c1-21-9-13-7-6-12(20-13)8-17-14-4-2-3-5-15(14)19-11-16-10-18-19/h2-7,10-11,17H,8-9H2,1H3. The number of furan rings is 1. The smallest absolute Gasteiger partial charge is 0.138 e. The molecule has 6 heteroatoms. The van der Waals surface area contributed by atoms with E-state index in [4.69, 9.17) is 4.42 Å². The zero-order valence-electron chi connectivity index (χ0n) is 11.7. The largest absolute Gasteiger partial charge is 0.463 e. The quantitative estimate of drug-likeness (QED) is 0.756. The highest BCUT2D eigenvalue weighted by Gasteiger charge is 2.06. The molecule has 5 nitrogen and oxygen atoms in total. The molecule has 0 unspecified atom stereocenters. The molecule has 0 fully saturated rings. The predicted octanol–water partition coefficient (Wildman–Crippen LogP) is 3.34. The van der Waals surface area contributed by atoms with Crippen LogP contribution in [0.15, 0.2) is 53.5 Å². The predicted molar refractivity (Wildman–Crippen MR) is 84.6 cm³/mol. The highest BCUT2D eigenvalue weighted by atomic mass is 32.2. The summed E-state index contributed by atoms with van der Waals surface area (Å²) in [4.78, 5) is 3.98. The van der Waals surface area contributed by atoms with Gasteiger partial charge >= 0.3 is 0 Å². The molecule has 0 spiro atoms. The third kappa shape index (κ3) is 3.28. The average molecular weight is 300 g/mol. The minimum Gasteiger partial charge on any atom is -0.463 e. The lowest BCUT2D eigenvalue weighted by Gasteiger charge is -2.10. The normalized spacial score (nSPS) is 10.7. The third-order valence-electron chi connectivity index (χ3n) is 3.03. The van der Waals surface area contributed by atoms with Crippen molar-refractivity contribution in [1.29, 1.82) is 0 Å². The molecule has 0 aliphatic carbocycles. The maximum Gasteiger partial charge on any atom is 0.138 e. The molecule has 0 radical (unpaired) electrons. The van der Waals surface area contributed by atoms with Gasteiger partial charge in [0, 0.05) is 0 Å². The van der Waals surface area contributed by atoms with Gasteiger partial charge in [0.25, 0.3) is 0 Å². The number of hydrogen-bond donors (Lipinski definition) is 1. The Kier molecular flexibility index (Phi) is 4.25. The fourth-order valence-electron chi connectivity index (χ4n) is 2.08. The Bertz CT molecular complexity index is 693. The van der Waals surface area contributed by atoms with Crippen molar-refractivity contribution < 1.29 is 4.42 Å². The molecular weight excluding hydrogens is 284 g/mol. The summed E-state index contributed by atoms with van der Waals surface area (Å²) in [6, 6.07) is 12.0. The average Bonchev–Trinajstić information content (AvgIpc) is 3.17. The highest BCUT2D eigenvalue weighted by Crippen LogP contribution is 2.20. The van der Waals surface area contributed by atoms with Gasteiger partial charge in [0.05, 0.1) is 23.7 Å². The summed E-state index contributed by atoms with van der Waals surface area (Å²) in [5.74, 6) is 2.83. The molecule has 3 aromatic rings. The summed E-state index contributed by atoms with van der Waals surface area (Å²) >= 11 is 1.75. The van der Waals surface area contributed by atoms with Crippen LogP contribution < -0.4 is 5.32 Å². The van der Waals surface area contributed by atoms with Crippen LogP contribution in [-0.4, -0.2) is 21.0 Å². The highest BCUT2D eigenvalue weighted by molar-refractivity contribution is 7.97. The van der Waals surface area contributed by atoms with Crippen LogP contribution in [0.3, 0.4) is 0 Å². The van der Waals surface area contributed by atoms with Gasteiger partial charge in [0.2, 0.25) is 0 Å². The van der Waals surface area contributed by atoms with Crippen LogP contribution in [-0.2, 0) is 12.3 Å². The van der Waals surface area contributed by atoms with Gasteiger partial charge in [0.15, 0.2) is 0 Å². The number of hydrogen-bond acceptors (Lipinski definition) is 5. The molecule has 0 aliphatic rings. The van der Waals surface area contributed by atoms with Crippen molar-refractivity contribution >= 4 is 17.4 Å². The van der Waals surface area contributed by atoms with E-state index < -0.39 is 0 Å². The van der Waals surface area contributed by atoms with Gasteiger partial charge < -0.3 is 9.73 Å². The van der Waals surface area contributed by atoms with Gasteiger partial charge in [-0.1, -0.05) is 12.1 Å². The topological polar surface area (TPSA) is 55.9 Å². The summed E-state index contributed by atoms with van der Waals surface area (Å²) < 4.78 is 7.50. The maximum absolute atomic E-state index is 5.76. The fraction of sp³-hybridized carbons (Fsp3) is 0.200. The Morgan fingerprint density at radius 3 is 2.86 bits per heavy atom. The van der Waals surface area contributed by atoms with Crippen LogP contribution in [0.5, 0.6) is 0 Å². The first-order valence-electron chi connectivity index (χ1n) is 6.61. The lowest BCUT2D eigenvalue weighted by Crippen LogP contribution is -2.04. The summed E-state index contributed by atoms with van der Waals surface area (Å²) in [6.07, 6.45) is 5.27. The van der Waals surface area contributed by atoms with Crippen molar-refractivity contribution in [2.75, 3.05) is 11.6 Å². The van der Waals surface area contributed by atoms with Crippen LogP contribution >= 0.6 is 11.8 Å². The molecule has 21 heavy (non-hydrogen) atoms. The first kappa shape index (κ1) is 13.8. The summed E-state index contributed by atoms with van der Waals surface area (Å²) in [7, 11) is 0. The van der Waals surface area contributed by atoms with E-state index in [0.717, 1.165) is 28.6 Å². The van der Waals surface area contributed by atoms with Crippen LogP contribution in [0.1, 0.15) is 11.5 Å². The van der Waals surface area contributed by atoms with Crippen molar-refractivity contribution in [2.24, 2.45) is 0 Å². The molecule has 0 aliphatic heterocycles. The van der Waals surface area contributed by atoms with Crippen molar-refractivity contribution in [3.05, 3.63) is 60.6 Å². The number of para-hydroxylation sites is 2. The number of anilines is 1. The Balaban J connectivity index is 1.73. The van der Waals surface area contributed by atoms with Crippen LogP contribution in [0, 0.1) is 0 Å². The zero-order chi connectivity index (χ0) is 14.5. The van der Waals surface area contributed by atoms with Crippen molar-refractivity contribution in [1.82, 2.24) is 14.8 Å². The molecule has 3 rings (SSSR count). The molecule has 1 N–H and O–H groups in total. The van der Waals surface area contributed by atoms with Crippen LogP contribution in [0.2, 0.25) is 0 Å². The Morgan fingerprint density at radius 2 is 2.05 bits per heavy atom. The van der Waals surface area contributed by atoms with E-state index in [2.05, 4.69) is 21.7 Å². The van der Waals surface area contributed by atoms with E-state index >= 15 is 0 Å². The molecule has 2 heterocycles. The van der Waals surface area contributed by atoms with Gasteiger partial charge in [-0.05, 0) is 30.5 Å².